The Balaban J connectivity index is 2.07. The third-order valence-corrected chi connectivity index (χ3v) is 4.07. The first-order chi connectivity index (χ1) is 10.6. The predicted molar refractivity (Wildman–Crippen MR) is 89.9 cm³/mol. The number of anilines is 1. The van der Waals surface area contributed by atoms with Gasteiger partial charge in [-0.1, -0.05) is 50.2 Å². The van der Waals surface area contributed by atoms with Crippen molar-refractivity contribution in [1.29, 1.82) is 0 Å². The highest BCUT2D eigenvalue weighted by atomic mass is 16.2. The van der Waals surface area contributed by atoms with Gasteiger partial charge in [-0.15, -0.1) is 0 Å². The fraction of sp³-hybridized carbons (Fsp3) is 0.316. The lowest BCUT2D eigenvalue weighted by Gasteiger charge is -2.39. The van der Waals surface area contributed by atoms with Gasteiger partial charge in [-0.2, -0.15) is 0 Å². The van der Waals surface area contributed by atoms with Crippen LogP contribution in [0.2, 0.25) is 0 Å². The fourth-order valence-corrected chi connectivity index (χ4v) is 3.01. The zero-order valence-corrected chi connectivity index (χ0v) is 13.3. The van der Waals surface area contributed by atoms with Crippen molar-refractivity contribution in [2.24, 2.45) is 5.92 Å². The molecule has 3 heteroatoms. The molecular formula is C19H22N2O. The quantitative estimate of drug-likeness (QED) is 0.919. The number of carbonyl (C=O) groups is 1. The number of fused-ring (bicyclic) bond motifs is 1. The van der Waals surface area contributed by atoms with Crippen LogP contribution in [0, 0.1) is 12.8 Å². The monoisotopic (exact) mass is 294 g/mol. The van der Waals surface area contributed by atoms with Gasteiger partial charge in [0.15, 0.2) is 0 Å². The molecule has 1 aliphatic heterocycles. The van der Waals surface area contributed by atoms with Gasteiger partial charge >= 0.3 is 0 Å². The van der Waals surface area contributed by atoms with Crippen LogP contribution in [-0.4, -0.2) is 17.4 Å². The maximum atomic E-state index is 12.9. The van der Waals surface area contributed by atoms with Crippen molar-refractivity contribution in [2.45, 2.75) is 26.9 Å². The summed E-state index contributed by atoms with van der Waals surface area (Å²) in [6, 6.07) is 16.0. The molecule has 1 N–H and O–H groups in total. The largest absolute Gasteiger partial charge is 0.361 e. The second-order valence-electron chi connectivity index (χ2n) is 6.30. The molecular weight excluding hydrogens is 272 g/mol. The molecule has 0 radical (unpaired) electrons. The lowest BCUT2D eigenvalue weighted by Crippen LogP contribution is -2.44. The highest BCUT2D eigenvalue weighted by Crippen LogP contribution is 2.34. The molecule has 0 saturated heterocycles. The van der Waals surface area contributed by atoms with Gasteiger partial charge in [-0.05, 0) is 36.1 Å². The molecule has 3 rings (SSSR count). The molecule has 2 aromatic carbocycles. The van der Waals surface area contributed by atoms with Gasteiger partial charge < -0.3 is 10.2 Å². The van der Waals surface area contributed by atoms with Crippen molar-refractivity contribution < 1.29 is 4.79 Å². The van der Waals surface area contributed by atoms with Crippen LogP contribution in [0.1, 0.15) is 41.5 Å². The molecule has 1 atom stereocenters. The van der Waals surface area contributed by atoms with Crippen LogP contribution in [-0.2, 0) is 0 Å². The smallest absolute Gasteiger partial charge is 0.257 e. The van der Waals surface area contributed by atoms with E-state index in [1.54, 1.807) is 0 Å². The maximum absolute atomic E-state index is 12.9. The molecule has 1 heterocycles. The van der Waals surface area contributed by atoms with Gasteiger partial charge in [0, 0.05) is 12.2 Å². The average molecular weight is 294 g/mol. The molecule has 22 heavy (non-hydrogen) atoms. The topological polar surface area (TPSA) is 32.3 Å². The van der Waals surface area contributed by atoms with E-state index < -0.39 is 0 Å². The second-order valence-corrected chi connectivity index (χ2v) is 6.30. The molecule has 114 valence electrons. The molecule has 1 unspecified atom stereocenters. The van der Waals surface area contributed by atoms with Crippen molar-refractivity contribution in [3.63, 3.8) is 0 Å². The van der Waals surface area contributed by atoms with Crippen LogP contribution in [0.3, 0.4) is 0 Å². The molecule has 3 nitrogen and oxygen atoms in total. The zero-order chi connectivity index (χ0) is 15.7. The van der Waals surface area contributed by atoms with Crippen molar-refractivity contribution in [2.75, 3.05) is 11.9 Å². The number of hydrogen-bond donors (Lipinski definition) is 1. The number of amides is 1. The lowest BCUT2D eigenvalue weighted by atomic mass is 9.99. The Labute approximate surface area is 132 Å². The van der Waals surface area contributed by atoms with Crippen LogP contribution in [0.5, 0.6) is 0 Å². The number of rotatable bonds is 3. The summed E-state index contributed by atoms with van der Waals surface area (Å²) in [6.07, 6.45) is -0.106. The van der Waals surface area contributed by atoms with E-state index in [4.69, 9.17) is 0 Å². The third-order valence-electron chi connectivity index (χ3n) is 4.07. The maximum Gasteiger partial charge on any atom is 0.257 e. The fourth-order valence-electron chi connectivity index (χ4n) is 3.01. The first-order valence-electron chi connectivity index (χ1n) is 7.80. The molecule has 0 spiro atoms. The van der Waals surface area contributed by atoms with Gasteiger partial charge in [0.25, 0.3) is 5.91 Å². The first kappa shape index (κ1) is 14.6. The number of benzene rings is 2. The van der Waals surface area contributed by atoms with Crippen molar-refractivity contribution in [1.82, 2.24) is 4.90 Å². The molecule has 0 fully saturated rings. The van der Waals surface area contributed by atoms with E-state index >= 15 is 0 Å². The van der Waals surface area contributed by atoms with Crippen molar-refractivity contribution in [3.05, 3.63) is 65.2 Å². The summed E-state index contributed by atoms with van der Waals surface area (Å²) in [4.78, 5) is 14.9. The molecule has 0 saturated carbocycles. The van der Waals surface area contributed by atoms with E-state index in [0.717, 1.165) is 23.4 Å². The van der Waals surface area contributed by atoms with E-state index in [1.165, 1.54) is 5.56 Å². The van der Waals surface area contributed by atoms with Gasteiger partial charge in [0.05, 0.1) is 5.56 Å². The minimum absolute atomic E-state index is 0.106. The zero-order valence-electron chi connectivity index (χ0n) is 13.3. The van der Waals surface area contributed by atoms with Crippen LogP contribution in [0.15, 0.2) is 48.5 Å². The normalized spacial score (nSPS) is 17.4. The van der Waals surface area contributed by atoms with Crippen LogP contribution in [0.25, 0.3) is 0 Å². The molecule has 1 amide bonds. The summed E-state index contributed by atoms with van der Waals surface area (Å²) in [6.45, 7) is 7.11. The van der Waals surface area contributed by atoms with E-state index in [1.807, 2.05) is 41.3 Å². The minimum Gasteiger partial charge on any atom is -0.361 e. The highest BCUT2D eigenvalue weighted by Gasteiger charge is 2.33. The molecule has 0 bridgehead atoms. The number of hydrogen-bond acceptors (Lipinski definition) is 2. The van der Waals surface area contributed by atoms with Crippen molar-refractivity contribution >= 4 is 11.6 Å². The van der Waals surface area contributed by atoms with Crippen LogP contribution in [0.4, 0.5) is 5.69 Å². The second kappa shape index (κ2) is 5.84. The van der Waals surface area contributed by atoms with Crippen molar-refractivity contribution in [3.8, 4) is 0 Å². The number of para-hydroxylation sites is 1. The Morgan fingerprint density at radius 3 is 2.50 bits per heavy atom. The Morgan fingerprint density at radius 1 is 1.09 bits per heavy atom. The van der Waals surface area contributed by atoms with Crippen LogP contribution < -0.4 is 5.32 Å². The van der Waals surface area contributed by atoms with E-state index in [0.29, 0.717) is 5.92 Å². The summed E-state index contributed by atoms with van der Waals surface area (Å²) in [5.41, 5.74) is 4.03. The SMILES string of the molecule is Cc1ccccc1C1Nc2ccccc2C(=O)N1CC(C)C. The van der Waals surface area contributed by atoms with Crippen LogP contribution >= 0.6 is 0 Å². The van der Waals surface area contributed by atoms with E-state index in [-0.39, 0.29) is 12.1 Å². The summed E-state index contributed by atoms with van der Waals surface area (Å²) >= 11 is 0. The predicted octanol–water partition coefficient (Wildman–Crippen LogP) is 4.22. The Kier molecular flexibility index (Phi) is 3.88. The molecule has 0 aromatic heterocycles. The Hall–Kier alpha value is -2.29. The standard InChI is InChI=1S/C19H22N2O/c1-13(2)12-21-18(15-9-5-4-8-14(15)3)20-17-11-7-6-10-16(17)19(21)22/h4-11,13,18,20H,12H2,1-3H3. The van der Waals surface area contributed by atoms with Gasteiger partial charge in [-0.25, -0.2) is 0 Å². The number of aryl methyl sites for hydroxylation is 1. The summed E-state index contributed by atoms with van der Waals surface area (Å²) in [5, 5.41) is 3.55. The highest BCUT2D eigenvalue weighted by molar-refractivity contribution is 6.01. The Morgan fingerprint density at radius 2 is 1.77 bits per heavy atom. The Bertz CT molecular complexity index is 693. The van der Waals surface area contributed by atoms with E-state index in [9.17, 15) is 4.79 Å². The molecule has 2 aromatic rings. The summed E-state index contributed by atoms with van der Waals surface area (Å²) < 4.78 is 0. The van der Waals surface area contributed by atoms with Gasteiger partial charge in [-0.3, -0.25) is 4.79 Å². The lowest BCUT2D eigenvalue weighted by molar-refractivity contribution is 0.0657. The molecule has 1 aliphatic rings. The average Bonchev–Trinajstić information content (AvgIpc) is 2.50. The third kappa shape index (κ3) is 2.59. The first-order valence-corrected chi connectivity index (χ1v) is 7.80. The van der Waals surface area contributed by atoms with Gasteiger partial charge in [0.1, 0.15) is 6.17 Å². The summed E-state index contributed by atoms with van der Waals surface area (Å²) in [5.74, 6) is 0.527. The number of nitrogens with one attached hydrogen (secondary N) is 1. The van der Waals surface area contributed by atoms with Gasteiger partial charge in [0.2, 0.25) is 0 Å². The summed E-state index contributed by atoms with van der Waals surface area (Å²) in [7, 11) is 0. The molecule has 0 aliphatic carbocycles. The minimum atomic E-state index is -0.106. The number of nitrogens with zero attached hydrogens (tertiary/aromatic N) is 1. The number of carbonyl (C=O) groups excluding carboxylic acids is 1. The van der Waals surface area contributed by atoms with E-state index in [2.05, 4.69) is 38.2 Å².